The minimum atomic E-state index is -0.648. The number of carbonyl (C=O) groups excluding carboxylic acids is 3. The van der Waals surface area contributed by atoms with Crippen LogP contribution in [0.3, 0.4) is 0 Å². The molecular formula is C14H16N2O3S. The number of amides is 3. The summed E-state index contributed by atoms with van der Waals surface area (Å²) < 4.78 is 0. The minimum Gasteiger partial charge on any atom is -0.321 e. The Bertz CT molecular complexity index is 532. The van der Waals surface area contributed by atoms with Gasteiger partial charge in [0.05, 0.1) is 5.25 Å². The van der Waals surface area contributed by atoms with Gasteiger partial charge in [-0.25, -0.2) is 0 Å². The predicted molar refractivity (Wildman–Crippen MR) is 77.2 cm³/mol. The summed E-state index contributed by atoms with van der Waals surface area (Å²) >= 11 is 4.31. The van der Waals surface area contributed by atoms with E-state index in [0.717, 1.165) is 5.56 Å². The van der Waals surface area contributed by atoms with Gasteiger partial charge in [-0.05, 0) is 18.9 Å². The highest BCUT2D eigenvalue weighted by Crippen LogP contribution is 2.14. The highest BCUT2D eigenvalue weighted by atomic mass is 32.1. The van der Waals surface area contributed by atoms with Crippen LogP contribution in [0, 0.1) is 0 Å². The molecule has 1 aliphatic heterocycles. The molecule has 1 aromatic carbocycles. The Morgan fingerprint density at radius 1 is 1.40 bits per heavy atom. The summed E-state index contributed by atoms with van der Waals surface area (Å²) in [5, 5.41) is 1.64. The molecule has 0 spiro atoms. The van der Waals surface area contributed by atoms with Crippen molar-refractivity contribution in [2.45, 2.75) is 24.6 Å². The molecule has 0 radical (unpaired) electrons. The Morgan fingerprint density at radius 2 is 2.05 bits per heavy atom. The molecule has 0 aromatic heterocycles. The normalized spacial score (nSPS) is 20.5. The lowest BCUT2D eigenvalue weighted by Crippen LogP contribution is -2.60. The molecule has 20 heavy (non-hydrogen) atoms. The summed E-state index contributed by atoms with van der Waals surface area (Å²) in [5.74, 6) is -1.20. The summed E-state index contributed by atoms with van der Waals surface area (Å²) in [7, 11) is 0. The monoisotopic (exact) mass is 292 g/mol. The van der Waals surface area contributed by atoms with Crippen LogP contribution in [0.5, 0.6) is 0 Å². The molecule has 1 fully saturated rings. The van der Waals surface area contributed by atoms with E-state index in [-0.39, 0.29) is 12.5 Å². The first kappa shape index (κ1) is 14.6. The molecule has 1 heterocycles. The largest absolute Gasteiger partial charge is 0.321 e. The quantitative estimate of drug-likeness (QED) is 0.626. The van der Waals surface area contributed by atoms with Crippen molar-refractivity contribution < 1.29 is 14.4 Å². The van der Waals surface area contributed by atoms with E-state index in [0.29, 0.717) is 6.42 Å². The van der Waals surface area contributed by atoms with Crippen molar-refractivity contribution in [3.8, 4) is 0 Å². The third kappa shape index (κ3) is 3.19. The first-order valence-corrected chi connectivity index (χ1v) is 6.87. The average Bonchev–Trinajstić information content (AvgIpc) is 2.43. The second-order valence-corrected chi connectivity index (χ2v) is 5.38. The molecule has 1 aromatic rings. The number of hydrogen-bond acceptors (Lipinski definition) is 4. The highest BCUT2D eigenvalue weighted by molar-refractivity contribution is 7.81. The topological polar surface area (TPSA) is 66.5 Å². The third-order valence-electron chi connectivity index (χ3n) is 3.26. The molecule has 0 bridgehead atoms. The van der Waals surface area contributed by atoms with Gasteiger partial charge >= 0.3 is 0 Å². The Balaban J connectivity index is 2.06. The lowest BCUT2D eigenvalue weighted by Gasteiger charge is -2.33. The number of benzene rings is 1. The SMILES string of the molecule is CC1C(=O)NC(=O)CN1C(=O)C(S)Cc1ccccc1. The molecule has 5 nitrogen and oxygen atoms in total. The maximum atomic E-state index is 12.3. The highest BCUT2D eigenvalue weighted by Gasteiger charge is 2.35. The van der Waals surface area contributed by atoms with Gasteiger partial charge in [0, 0.05) is 0 Å². The zero-order valence-electron chi connectivity index (χ0n) is 11.1. The second-order valence-electron chi connectivity index (χ2n) is 4.76. The van der Waals surface area contributed by atoms with Crippen molar-refractivity contribution in [3.05, 3.63) is 35.9 Å². The van der Waals surface area contributed by atoms with Gasteiger partial charge in [-0.2, -0.15) is 12.6 Å². The smallest absolute Gasteiger partial charge is 0.249 e. The van der Waals surface area contributed by atoms with Gasteiger partial charge in [-0.3, -0.25) is 19.7 Å². The van der Waals surface area contributed by atoms with E-state index in [1.165, 1.54) is 4.90 Å². The average molecular weight is 292 g/mol. The van der Waals surface area contributed by atoms with Gasteiger partial charge in [0.15, 0.2) is 0 Å². The fourth-order valence-electron chi connectivity index (χ4n) is 2.10. The van der Waals surface area contributed by atoms with Crippen LogP contribution in [0.15, 0.2) is 30.3 Å². The molecular weight excluding hydrogens is 276 g/mol. The van der Waals surface area contributed by atoms with Crippen molar-refractivity contribution >= 4 is 30.4 Å². The van der Waals surface area contributed by atoms with Crippen LogP contribution >= 0.6 is 12.6 Å². The molecule has 106 valence electrons. The third-order valence-corrected chi connectivity index (χ3v) is 3.67. The van der Waals surface area contributed by atoms with E-state index in [9.17, 15) is 14.4 Å². The molecule has 1 aliphatic rings. The number of imide groups is 1. The summed E-state index contributed by atoms with van der Waals surface area (Å²) in [5.41, 5.74) is 0.987. The number of nitrogens with one attached hydrogen (secondary N) is 1. The molecule has 6 heteroatoms. The number of nitrogens with zero attached hydrogens (tertiary/aromatic N) is 1. The minimum absolute atomic E-state index is 0.0996. The van der Waals surface area contributed by atoms with Gasteiger partial charge in [-0.15, -0.1) is 0 Å². The number of thiol groups is 1. The van der Waals surface area contributed by atoms with E-state index >= 15 is 0 Å². The first-order valence-electron chi connectivity index (χ1n) is 6.35. The Kier molecular flexibility index (Phi) is 4.44. The number of rotatable bonds is 3. The Morgan fingerprint density at radius 3 is 2.70 bits per heavy atom. The summed E-state index contributed by atoms with van der Waals surface area (Å²) in [6.45, 7) is 1.50. The van der Waals surface area contributed by atoms with Crippen LogP contribution in [-0.2, 0) is 20.8 Å². The lowest BCUT2D eigenvalue weighted by atomic mass is 10.1. The molecule has 3 amide bonds. The van der Waals surface area contributed by atoms with Crippen LogP contribution in [0.1, 0.15) is 12.5 Å². The lowest BCUT2D eigenvalue weighted by molar-refractivity contribution is -0.149. The van der Waals surface area contributed by atoms with Crippen molar-refractivity contribution in [1.29, 1.82) is 0 Å². The first-order chi connectivity index (χ1) is 9.49. The molecule has 1 saturated heterocycles. The zero-order valence-corrected chi connectivity index (χ0v) is 12.0. The molecule has 0 aliphatic carbocycles. The van der Waals surface area contributed by atoms with E-state index < -0.39 is 23.1 Å². The number of piperazine rings is 1. The zero-order chi connectivity index (χ0) is 14.7. The van der Waals surface area contributed by atoms with Crippen molar-refractivity contribution in [2.24, 2.45) is 0 Å². The number of hydrogen-bond donors (Lipinski definition) is 2. The van der Waals surface area contributed by atoms with Gasteiger partial charge < -0.3 is 4.90 Å². The second kappa shape index (κ2) is 6.09. The van der Waals surface area contributed by atoms with E-state index in [4.69, 9.17) is 0 Å². The Labute approximate surface area is 122 Å². The van der Waals surface area contributed by atoms with Crippen LogP contribution in [0.25, 0.3) is 0 Å². The van der Waals surface area contributed by atoms with E-state index in [1.807, 2.05) is 30.3 Å². The Hall–Kier alpha value is -1.82. The summed E-state index contributed by atoms with van der Waals surface area (Å²) in [6.07, 6.45) is 0.460. The van der Waals surface area contributed by atoms with E-state index in [2.05, 4.69) is 17.9 Å². The maximum Gasteiger partial charge on any atom is 0.249 e. The molecule has 2 atom stereocenters. The van der Waals surface area contributed by atoms with Crippen LogP contribution < -0.4 is 5.32 Å². The standard InChI is InChI=1S/C14H16N2O3S/c1-9-13(18)15-12(17)8-16(9)14(19)11(20)7-10-5-3-2-4-6-10/h2-6,9,11,20H,7-8H2,1H3,(H,15,17,18). The predicted octanol–water partition coefficient (Wildman–Crippen LogP) is 0.401. The number of carbonyl (C=O) groups is 3. The van der Waals surface area contributed by atoms with Crippen molar-refractivity contribution in [2.75, 3.05) is 6.54 Å². The summed E-state index contributed by atoms with van der Waals surface area (Å²) in [4.78, 5) is 36.5. The maximum absolute atomic E-state index is 12.3. The van der Waals surface area contributed by atoms with Crippen molar-refractivity contribution in [3.63, 3.8) is 0 Å². The van der Waals surface area contributed by atoms with Crippen LogP contribution in [-0.4, -0.2) is 40.5 Å². The van der Waals surface area contributed by atoms with Gasteiger partial charge in [0.2, 0.25) is 17.7 Å². The fraction of sp³-hybridized carbons (Fsp3) is 0.357. The molecule has 1 N–H and O–H groups in total. The molecule has 2 rings (SSSR count). The van der Waals surface area contributed by atoms with Crippen LogP contribution in [0.4, 0.5) is 0 Å². The van der Waals surface area contributed by atoms with E-state index in [1.54, 1.807) is 6.92 Å². The summed E-state index contributed by atoms with van der Waals surface area (Å²) in [6, 6.07) is 8.85. The molecule has 0 saturated carbocycles. The van der Waals surface area contributed by atoms with Gasteiger partial charge in [0.25, 0.3) is 0 Å². The van der Waals surface area contributed by atoms with Gasteiger partial charge in [0.1, 0.15) is 12.6 Å². The molecule has 2 unspecified atom stereocenters. The van der Waals surface area contributed by atoms with Crippen molar-refractivity contribution in [1.82, 2.24) is 10.2 Å². The van der Waals surface area contributed by atoms with Crippen LogP contribution in [0.2, 0.25) is 0 Å². The fourth-order valence-corrected chi connectivity index (χ4v) is 2.46. The van der Waals surface area contributed by atoms with Gasteiger partial charge in [-0.1, -0.05) is 30.3 Å².